The number of aryl methyl sites for hydroxylation is 2. The number of nitrogens with zero attached hydrogens (tertiary/aromatic N) is 1. The minimum Gasteiger partial charge on any atom is -0.361 e. The molecular weight excluding hydrogens is 231 g/mol. The average molecular weight is 248 g/mol. The highest BCUT2D eigenvalue weighted by atomic mass is 19.1. The quantitative estimate of drug-likeness (QED) is 0.902. The van der Waals surface area contributed by atoms with Crippen LogP contribution in [-0.4, -0.2) is 5.16 Å². The highest BCUT2D eigenvalue weighted by Gasteiger charge is 2.13. The van der Waals surface area contributed by atoms with Crippen molar-refractivity contribution in [1.29, 1.82) is 0 Å². The second-order valence-corrected chi connectivity index (χ2v) is 4.43. The maximum atomic E-state index is 13.6. The third-order valence-corrected chi connectivity index (χ3v) is 3.14. The predicted molar refractivity (Wildman–Crippen MR) is 67.6 cm³/mol. The molecular formula is C14H17FN2O. The molecule has 2 rings (SSSR count). The average Bonchev–Trinajstić information content (AvgIpc) is 2.67. The van der Waals surface area contributed by atoms with Crippen LogP contribution in [0.5, 0.6) is 0 Å². The molecule has 1 N–H and O–H groups in total. The van der Waals surface area contributed by atoms with Crippen molar-refractivity contribution in [1.82, 2.24) is 10.5 Å². The molecule has 18 heavy (non-hydrogen) atoms. The molecule has 0 amide bonds. The molecule has 96 valence electrons. The summed E-state index contributed by atoms with van der Waals surface area (Å²) >= 11 is 0. The SMILES string of the molecule is Cc1noc(C)c1CN[C@H](C)c1ccccc1F. The number of hydrogen-bond acceptors (Lipinski definition) is 3. The zero-order valence-electron chi connectivity index (χ0n) is 10.8. The highest BCUT2D eigenvalue weighted by Crippen LogP contribution is 2.18. The molecule has 0 aliphatic heterocycles. The van der Waals surface area contributed by atoms with E-state index in [1.54, 1.807) is 12.1 Å². The van der Waals surface area contributed by atoms with Gasteiger partial charge in [-0.3, -0.25) is 0 Å². The van der Waals surface area contributed by atoms with Crippen molar-refractivity contribution in [3.63, 3.8) is 0 Å². The molecule has 3 nitrogen and oxygen atoms in total. The second-order valence-electron chi connectivity index (χ2n) is 4.43. The first-order chi connectivity index (χ1) is 8.59. The van der Waals surface area contributed by atoms with Crippen LogP contribution in [0.4, 0.5) is 4.39 Å². The van der Waals surface area contributed by atoms with Gasteiger partial charge in [0.1, 0.15) is 11.6 Å². The van der Waals surface area contributed by atoms with Gasteiger partial charge < -0.3 is 9.84 Å². The minimum atomic E-state index is -0.184. The first-order valence-electron chi connectivity index (χ1n) is 5.99. The monoisotopic (exact) mass is 248 g/mol. The Kier molecular flexibility index (Phi) is 3.77. The normalized spacial score (nSPS) is 12.7. The fourth-order valence-electron chi connectivity index (χ4n) is 1.95. The zero-order chi connectivity index (χ0) is 13.1. The maximum absolute atomic E-state index is 13.6. The zero-order valence-corrected chi connectivity index (χ0v) is 10.8. The summed E-state index contributed by atoms with van der Waals surface area (Å²) in [6, 6.07) is 6.75. The van der Waals surface area contributed by atoms with Gasteiger partial charge in [-0.25, -0.2) is 4.39 Å². The molecule has 0 spiro atoms. The van der Waals surface area contributed by atoms with Crippen molar-refractivity contribution in [3.8, 4) is 0 Å². The van der Waals surface area contributed by atoms with Crippen molar-refractivity contribution >= 4 is 0 Å². The molecule has 2 aromatic rings. The lowest BCUT2D eigenvalue weighted by molar-refractivity contribution is 0.391. The molecule has 0 saturated heterocycles. The van der Waals surface area contributed by atoms with Crippen molar-refractivity contribution in [2.24, 2.45) is 0 Å². The number of halogens is 1. The summed E-state index contributed by atoms with van der Waals surface area (Å²) in [6.07, 6.45) is 0. The summed E-state index contributed by atoms with van der Waals surface area (Å²) in [4.78, 5) is 0. The molecule has 0 unspecified atom stereocenters. The van der Waals surface area contributed by atoms with Crippen LogP contribution in [0.15, 0.2) is 28.8 Å². The van der Waals surface area contributed by atoms with E-state index in [1.165, 1.54) is 6.07 Å². The highest BCUT2D eigenvalue weighted by molar-refractivity contribution is 5.23. The molecule has 0 aliphatic rings. The lowest BCUT2D eigenvalue weighted by Crippen LogP contribution is -2.19. The van der Waals surface area contributed by atoms with Gasteiger partial charge >= 0.3 is 0 Å². The van der Waals surface area contributed by atoms with Crippen LogP contribution >= 0.6 is 0 Å². The molecule has 0 bridgehead atoms. The second kappa shape index (κ2) is 5.31. The van der Waals surface area contributed by atoms with Gasteiger partial charge in [0.2, 0.25) is 0 Å². The van der Waals surface area contributed by atoms with Gasteiger partial charge in [-0.2, -0.15) is 0 Å². The number of nitrogens with one attached hydrogen (secondary N) is 1. The van der Waals surface area contributed by atoms with Crippen LogP contribution in [0.25, 0.3) is 0 Å². The van der Waals surface area contributed by atoms with Gasteiger partial charge in [-0.15, -0.1) is 0 Å². The van der Waals surface area contributed by atoms with Gasteiger partial charge in [-0.1, -0.05) is 23.4 Å². The molecule has 1 heterocycles. The summed E-state index contributed by atoms with van der Waals surface area (Å²) in [6.45, 7) is 6.35. The van der Waals surface area contributed by atoms with Gasteiger partial charge in [0.05, 0.1) is 5.69 Å². The van der Waals surface area contributed by atoms with Crippen LogP contribution in [0, 0.1) is 19.7 Å². The van der Waals surface area contributed by atoms with Gasteiger partial charge in [-0.05, 0) is 26.8 Å². The fourth-order valence-corrected chi connectivity index (χ4v) is 1.95. The summed E-state index contributed by atoms with van der Waals surface area (Å²) in [5.74, 6) is 0.622. The van der Waals surface area contributed by atoms with E-state index in [2.05, 4.69) is 10.5 Å². The summed E-state index contributed by atoms with van der Waals surface area (Å²) in [5.41, 5.74) is 2.59. The number of rotatable bonds is 4. The van der Waals surface area contributed by atoms with Crippen molar-refractivity contribution in [2.75, 3.05) is 0 Å². The molecule has 0 saturated carbocycles. The lowest BCUT2D eigenvalue weighted by Gasteiger charge is -2.14. The molecule has 0 fully saturated rings. The number of hydrogen-bond donors (Lipinski definition) is 1. The van der Waals surface area contributed by atoms with Gasteiger partial charge in [0, 0.05) is 23.7 Å². The standard InChI is InChI=1S/C14H17FN2O/c1-9(12-6-4-5-7-14(12)15)16-8-13-10(2)17-18-11(13)3/h4-7,9,16H,8H2,1-3H3/t9-/m1/s1. The topological polar surface area (TPSA) is 38.1 Å². The van der Waals surface area contributed by atoms with E-state index in [0.29, 0.717) is 12.1 Å². The fraction of sp³-hybridized carbons (Fsp3) is 0.357. The van der Waals surface area contributed by atoms with Crippen molar-refractivity contribution in [3.05, 3.63) is 52.7 Å². The van der Waals surface area contributed by atoms with Crippen LogP contribution in [0.1, 0.15) is 35.5 Å². The van der Waals surface area contributed by atoms with E-state index in [9.17, 15) is 4.39 Å². The van der Waals surface area contributed by atoms with Gasteiger partial charge in [0.15, 0.2) is 0 Å². The molecule has 1 aromatic heterocycles. The van der Waals surface area contributed by atoms with Crippen LogP contribution in [0.3, 0.4) is 0 Å². The molecule has 1 aromatic carbocycles. The van der Waals surface area contributed by atoms with E-state index in [-0.39, 0.29) is 11.9 Å². The van der Waals surface area contributed by atoms with E-state index in [1.807, 2.05) is 26.8 Å². The third kappa shape index (κ3) is 2.59. The summed E-state index contributed by atoms with van der Waals surface area (Å²) < 4.78 is 18.7. The number of benzene rings is 1. The third-order valence-electron chi connectivity index (χ3n) is 3.14. The summed E-state index contributed by atoms with van der Waals surface area (Å²) in [7, 11) is 0. The Labute approximate surface area is 106 Å². The first kappa shape index (κ1) is 12.8. The van der Waals surface area contributed by atoms with E-state index >= 15 is 0 Å². The lowest BCUT2D eigenvalue weighted by atomic mass is 10.1. The smallest absolute Gasteiger partial charge is 0.138 e. The predicted octanol–water partition coefficient (Wildman–Crippen LogP) is 3.28. The largest absolute Gasteiger partial charge is 0.361 e. The molecule has 1 atom stereocenters. The van der Waals surface area contributed by atoms with Crippen LogP contribution < -0.4 is 5.32 Å². The maximum Gasteiger partial charge on any atom is 0.138 e. The van der Waals surface area contributed by atoms with Crippen LogP contribution in [0.2, 0.25) is 0 Å². The minimum absolute atomic E-state index is 0.0556. The Morgan fingerprint density at radius 3 is 2.67 bits per heavy atom. The van der Waals surface area contributed by atoms with E-state index < -0.39 is 0 Å². The molecule has 0 radical (unpaired) electrons. The Morgan fingerprint density at radius 2 is 2.06 bits per heavy atom. The Hall–Kier alpha value is -1.68. The Bertz CT molecular complexity index is 517. The van der Waals surface area contributed by atoms with Crippen molar-refractivity contribution < 1.29 is 8.91 Å². The van der Waals surface area contributed by atoms with E-state index in [4.69, 9.17) is 4.52 Å². The first-order valence-corrected chi connectivity index (χ1v) is 5.99. The Morgan fingerprint density at radius 1 is 1.33 bits per heavy atom. The molecule has 4 heteroatoms. The summed E-state index contributed by atoms with van der Waals surface area (Å²) in [5, 5.41) is 7.18. The molecule has 0 aliphatic carbocycles. The Balaban J connectivity index is 2.05. The van der Waals surface area contributed by atoms with Gasteiger partial charge in [0.25, 0.3) is 0 Å². The van der Waals surface area contributed by atoms with E-state index in [0.717, 1.165) is 17.0 Å². The number of aromatic nitrogens is 1. The van der Waals surface area contributed by atoms with Crippen molar-refractivity contribution in [2.45, 2.75) is 33.4 Å². The van der Waals surface area contributed by atoms with Crippen LogP contribution in [-0.2, 0) is 6.54 Å².